The Morgan fingerprint density at radius 1 is 0.897 bits per heavy atom. The zero-order valence-electron chi connectivity index (χ0n) is 15.9. The fraction of sp³-hybridized carbons (Fsp3) is 0.130. The highest BCUT2D eigenvalue weighted by atomic mass is 79.9. The number of hydrogen-bond acceptors (Lipinski definition) is 4. The number of nitrogens with zero attached hydrogens (tertiary/aromatic N) is 3. The lowest BCUT2D eigenvalue weighted by atomic mass is 10.1. The number of hydrogen-bond donors (Lipinski definition) is 2. The number of fused-ring (bicyclic) bond motifs is 1. The van der Waals surface area contributed by atoms with Crippen LogP contribution in [0.15, 0.2) is 81.4 Å². The molecule has 146 valence electrons. The number of rotatable bonds is 5. The van der Waals surface area contributed by atoms with E-state index < -0.39 is 0 Å². The molecule has 0 aliphatic carbocycles. The average molecular weight is 450 g/mol. The van der Waals surface area contributed by atoms with Crippen LogP contribution in [0.5, 0.6) is 11.6 Å². The smallest absolute Gasteiger partial charge is 0.225 e. The van der Waals surface area contributed by atoms with Crippen LogP contribution in [-0.4, -0.2) is 14.8 Å². The summed E-state index contributed by atoms with van der Waals surface area (Å²) >= 11 is 3.27. The Bertz CT molecular complexity index is 1200. The van der Waals surface area contributed by atoms with Crippen molar-refractivity contribution >= 4 is 38.2 Å². The minimum atomic E-state index is 0.00555. The fourth-order valence-electron chi connectivity index (χ4n) is 3.36. The molecule has 0 fully saturated rings. The molecule has 6 heteroatoms. The lowest BCUT2D eigenvalue weighted by Gasteiger charge is -2.08. The average Bonchev–Trinajstić information content (AvgIpc) is 3.01. The third kappa shape index (κ3) is 3.63. The molecule has 0 radical (unpaired) electrons. The van der Waals surface area contributed by atoms with Crippen LogP contribution in [0.3, 0.4) is 0 Å². The number of phenolic OH excluding ortho intramolecular Hbond substituents is 1. The fourth-order valence-corrected chi connectivity index (χ4v) is 3.71. The molecule has 0 saturated heterocycles. The highest BCUT2D eigenvalue weighted by Crippen LogP contribution is 2.42. The Labute approximate surface area is 177 Å². The molecule has 0 saturated carbocycles. The van der Waals surface area contributed by atoms with Gasteiger partial charge in [-0.15, -0.1) is 10.2 Å². The normalized spacial score (nSPS) is 11.5. The Balaban J connectivity index is 1.83. The van der Waals surface area contributed by atoms with E-state index in [4.69, 9.17) is 0 Å². The van der Waals surface area contributed by atoms with Gasteiger partial charge in [0.1, 0.15) is 5.69 Å². The summed E-state index contributed by atoms with van der Waals surface area (Å²) in [5, 5.41) is 30.3. The molecule has 0 spiro atoms. The van der Waals surface area contributed by atoms with Gasteiger partial charge >= 0.3 is 0 Å². The topological polar surface area (TPSA) is 70.1 Å². The van der Waals surface area contributed by atoms with Gasteiger partial charge in [0.15, 0.2) is 11.4 Å². The van der Waals surface area contributed by atoms with E-state index in [-0.39, 0.29) is 11.6 Å². The van der Waals surface area contributed by atoms with E-state index in [0.29, 0.717) is 15.8 Å². The second kappa shape index (κ2) is 8.09. The largest absolute Gasteiger partial charge is 0.505 e. The molecule has 4 aromatic rings. The second-order valence-electron chi connectivity index (χ2n) is 6.75. The lowest BCUT2D eigenvalue weighted by molar-refractivity contribution is 0.446. The quantitative estimate of drug-likeness (QED) is 0.317. The number of halogens is 1. The summed E-state index contributed by atoms with van der Waals surface area (Å²) in [6.45, 7) is 2.15. The van der Waals surface area contributed by atoms with Gasteiger partial charge in [-0.25, -0.2) is 0 Å². The lowest BCUT2D eigenvalue weighted by Crippen LogP contribution is -1.93. The molecule has 0 aliphatic heterocycles. The number of aromatic hydroxyl groups is 2. The SMILES string of the molecule is CCCc1ccc(-n2c(O)c(N=Nc3cccc(Br)c3O)c3ccccc32)cc1. The Hall–Kier alpha value is -3.12. The van der Waals surface area contributed by atoms with Gasteiger partial charge in [0, 0.05) is 11.1 Å². The summed E-state index contributed by atoms with van der Waals surface area (Å²) in [6, 6.07) is 20.9. The number of azo groups is 1. The molecular weight excluding hydrogens is 430 g/mol. The van der Waals surface area contributed by atoms with Gasteiger partial charge < -0.3 is 10.2 Å². The highest BCUT2D eigenvalue weighted by molar-refractivity contribution is 9.10. The molecule has 0 bridgehead atoms. The first-order chi connectivity index (χ1) is 14.1. The second-order valence-corrected chi connectivity index (χ2v) is 7.60. The zero-order valence-corrected chi connectivity index (χ0v) is 17.5. The number of aryl methyl sites for hydroxylation is 1. The maximum Gasteiger partial charge on any atom is 0.225 e. The maximum absolute atomic E-state index is 11.0. The first kappa shape index (κ1) is 19.2. The van der Waals surface area contributed by atoms with Crippen LogP contribution in [0.25, 0.3) is 16.6 Å². The van der Waals surface area contributed by atoms with Gasteiger partial charge in [-0.3, -0.25) is 4.57 Å². The van der Waals surface area contributed by atoms with E-state index in [2.05, 4.69) is 45.2 Å². The summed E-state index contributed by atoms with van der Waals surface area (Å²) in [6.07, 6.45) is 2.11. The number of benzene rings is 3. The van der Waals surface area contributed by atoms with Crippen LogP contribution in [0.4, 0.5) is 11.4 Å². The molecule has 5 nitrogen and oxygen atoms in total. The van der Waals surface area contributed by atoms with Crippen LogP contribution in [0.1, 0.15) is 18.9 Å². The molecule has 4 rings (SSSR count). The molecule has 1 aromatic heterocycles. The molecule has 0 atom stereocenters. The van der Waals surface area contributed by atoms with Crippen LogP contribution < -0.4 is 0 Å². The van der Waals surface area contributed by atoms with Gasteiger partial charge in [0.05, 0.1) is 9.99 Å². The minimum Gasteiger partial charge on any atom is -0.505 e. The molecule has 0 amide bonds. The summed E-state index contributed by atoms with van der Waals surface area (Å²) in [5.74, 6) is 0.0127. The monoisotopic (exact) mass is 449 g/mol. The van der Waals surface area contributed by atoms with Crippen LogP contribution in [-0.2, 0) is 6.42 Å². The van der Waals surface area contributed by atoms with Crippen LogP contribution in [0.2, 0.25) is 0 Å². The van der Waals surface area contributed by atoms with E-state index in [9.17, 15) is 10.2 Å². The van der Waals surface area contributed by atoms with Gasteiger partial charge in [0.2, 0.25) is 5.88 Å². The van der Waals surface area contributed by atoms with Crippen molar-refractivity contribution in [2.75, 3.05) is 0 Å². The minimum absolute atomic E-state index is 0.00555. The van der Waals surface area contributed by atoms with Crippen molar-refractivity contribution in [1.29, 1.82) is 0 Å². The van der Waals surface area contributed by atoms with Crippen LogP contribution >= 0.6 is 15.9 Å². The van der Waals surface area contributed by atoms with Crippen molar-refractivity contribution in [3.63, 3.8) is 0 Å². The predicted molar refractivity (Wildman–Crippen MR) is 119 cm³/mol. The Morgan fingerprint density at radius 2 is 1.66 bits per heavy atom. The molecule has 0 unspecified atom stereocenters. The van der Waals surface area contributed by atoms with E-state index >= 15 is 0 Å². The molecule has 2 N–H and O–H groups in total. The summed E-state index contributed by atoms with van der Waals surface area (Å²) in [4.78, 5) is 0. The summed E-state index contributed by atoms with van der Waals surface area (Å²) < 4.78 is 2.30. The number of para-hydroxylation sites is 2. The van der Waals surface area contributed by atoms with Crippen molar-refractivity contribution in [2.45, 2.75) is 19.8 Å². The van der Waals surface area contributed by atoms with Gasteiger partial charge in [-0.05, 0) is 58.2 Å². The van der Waals surface area contributed by atoms with E-state index in [0.717, 1.165) is 29.4 Å². The first-order valence-electron chi connectivity index (χ1n) is 9.41. The van der Waals surface area contributed by atoms with Crippen molar-refractivity contribution in [3.05, 3.63) is 76.8 Å². The molecular formula is C23H20BrN3O2. The van der Waals surface area contributed by atoms with Crippen LogP contribution in [0, 0.1) is 0 Å². The van der Waals surface area contributed by atoms with Gasteiger partial charge in [0.25, 0.3) is 0 Å². The first-order valence-corrected chi connectivity index (χ1v) is 10.2. The summed E-state index contributed by atoms with van der Waals surface area (Å²) in [5.41, 5.74) is 3.63. The maximum atomic E-state index is 11.0. The van der Waals surface area contributed by atoms with Crippen molar-refractivity contribution in [2.24, 2.45) is 10.2 Å². The van der Waals surface area contributed by atoms with Crippen molar-refractivity contribution in [3.8, 4) is 17.3 Å². The van der Waals surface area contributed by atoms with E-state index in [1.807, 2.05) is 36.4 Å². The zero-order chi connectivity index (χ0) is 20.4. The Kier molecular flexibility index (Phi) is 5.36. The van der Waals surface area contributed by atoms with Gasteiger partial charge in [-0.2, -0.15) is 0 Å². The van der Waals surface area contributed by atoms with Crippen molar-refractivity contribution < 1.29 is 10.2 Å². The van der Waals surface area contributed by atoms with E-state index in [1.54, 1.807) is 22.8 Å². The summed E-state index contributed by atoms with van der Waals surface area (Å²) in [7, 11) is 0. The molecule has 1 heterocycles. The predicted octanol–water partition coefficient (Wildman–Crippen LogP) is 7.17. The molecule has 3 aromatic carbocycles. The molecule has 29 heavy (non-hydrogen) atoms. The highest BCUT2D eigenvalue weighted by Gasteiger charge is 2.18. The number of phenols is 1. The van der Waals surface area contributed by atoms with Crippen molar-refractivity contribution in [1.82, 2.24) is 4.57 Å². The Morgan fingerprint density at radius 3 is 2.41 bits per heavy atom. The standard InChI is InChI=1S/C23H20BrN3O2/c1-2-6-15-11-13-16(14-12-15)27-20-10-4-3-7-17(20)21(23(27)29)26-25-19-9-5-8-18(24)22(19)28/h3-5,7-14,28-29H,2,6H2,1H3. The number of aromatic nitrogens is 1. The van der Waals surface area contributed by atoms with Gasteiger partial charge in [-0.1, -0.05) is 49.7 Å². The van der Waals surface area contributed by atoms with E-state index in [1.165, 1.54) is 5.56 Å². The third-order valence-electron chi connectivity index (χ3n) is 4.78. The third-order valence-corrected chi connectivity index (χ3v) is 5.42. The molecule has 0 aliphatic rings.